The minimum absolute atomic E-state index is 0.0562. The molecule has 2 nitrogen and oxygen atoms in total. The van der Waals surface area contributed by atoms with Gasteiger partial charge in [-0.1, -0.05) is 39.3 Å². The summed E-state index contributed by atoms with van der Waals surface area (Å²) in [4.78, 5) is 0. The minimum atomic E-state index is -0.373. The molecule has 0 aliphatic heterocycles. The second-order valence-corrected chi connectivity index (χ2v) is 7.16. The van der Waals surface area contributed by atoms with Gasteiger partial charge in [-0.2, -0.15) is 0 Å². The van der Waals surface area contributed by atoms with E-state index >= 15 is 0 Å². The van der Waals surface area contributed by atoms with Crippen LogP contribution >= 0.6 is 0 Å². The van der Waals surface area contributed by atoms with E-state index in [4.69, 9.17) is 0 Å². The molecule has 1 aromatic rings. The molecule has 0 heterocycles. The SMILES string of the molecule is CCC(C)(C)C1CCC(CO)(Nc2ccccc2F)CC1. The van der Waals surface area contributed by atoms with Crippen LogP contribution < -0.4 is 5.32 Å². The number of halogens is 1. The summed E-state index contributed by atoms with van der Waals surface area (Å²) in [6, 6.07) is 6.71. The molecule has 1 aromatic carbocycles. The fraction of sp³-hybridized carbons (Fsp3) is 0.667. The first-order valence-electron chi connectivity index (χ1n) is 8.06. The number of hydrogen-bond acceptors (Lipinski definition) is 2. The molecule has 0 radical (unpaired) electrons. The molecule has 118 valence electrons. The maximum atomic E-state index is 13.8. The summed E-state index contributed by atoms with van der Waals surface area (Å²) in [5, 5.41) is 13.1. The predicted molar refractivity (Wildman–Crippen MR) is 85.9 cm³/mol. The first-order chi connectivity index (χ1) is 9.92. The number of hydrogen-bond donors (Lipinski definition) is 2. The van der Waals surface area contributed by atoms with Crippen LogP contribution in [0.2, 0.25) is 0 Å². The molecule has 2 N–H and O–H groups in total. The molecular formula is C18H28FNO. The summed E-state index contributed by atoms with van der Waals surface area (Å²) < 4.78 is 13.8. The zero-order valence-corrected chi connectivity index (χ0v) is 13.5. The second-order valence-electron chi connectivity index (χ2n) is 7.16. The Kier molecular flexibility index (Phi) is 4.92. The van der Waals surface area contributed by atoms with E-state index in [9.17, 15) is 9.50 Å². The molecule has 0 aromatic heterocycles. The van der Waals surface area contributed by atoms with Crippen molar-refractivity contribution >= 4 is 5.69 Å². The van der Waals surface area contributed by atoms with Gasteiger partial charge < -0.3 is 10.4 Å². The van der Waals surface area contributed by atoms with E-state index in [0.29, 0.717) is 17.0 Å². The van der Waals surface area contributed by atoms with Crippen LogP contribution in [0.1, 0.15) is 52.9 Å². The molecule has 0 atom stereocenters. The Hall–Kier alpha value is -1.09. The molecule has 21 heavy (non-hydrogen) atoms. The number of rotatable bonds is 5. The Morgan fingerprint density at radius 2 is 1.90 bits per heavy atom. The van der Waals surface area contributed by atoms with Crippen molar-refractivity contribution in [2.45, 2.75) is 58.4 Å². The van der Waals surface area contributed by atoms with E-state index in [1.807, 2.05) is 6.07 Å². The minimum Gasteiger partial charge on any atom is -0.394 e. The average molecular weight is 293 g/mol. The zero-order valence-electron chi connectivity index (χ0n) is 13.5. The number of aliphatic hydroxyl groups is 1. The van der Waals surface area contributed by atoms with E-state index in [1.54, 1.807) is 12.1 Å². The van der Waals surface area contributed by atoms with Crippen molar-refractivity contribution in [1.82, 2.24) is 0 Å². The third-order valence-electron chi connectivity index (χ3n) is 5.54. The highest BCUT2D eigenvalue weighted by Gasteiger charge is 2.39. The lowest BCUT2D eigenvalue weighted by Crippen LogP contribution is -2.47. The Morgan fingerprint density at radius 3 is 2.43 bits per heavy atom. The van der Waals surface area contributed by atoms with Crippen molar-refractivity contribution in [3.63, 3.8) is 0 Å². The smallest absolute Gasteiger partial charge is 0.146 e. The summed E-state index contributed by atoms with van der Waals surface area (Å²) in [6.07, 6.45) is 5.13. The maximum absolute atomic E-state index is 13.8. The van der Waals surface area contributed by atoms with Gasteiger partial charge >= 0.3 is 0 Å². The molecule has 1 saturated carbocycles. The number of aliphatic hydroxyl groups excluding tert-OH is 1. The van der Waals surface area contributed by atoms with Gasteiger partial charge in [0.1, 0.15) is 5.82 Å². The lowest BCUT2D eigenvalue weighted by Gasteiger charge is -2.45. The fourth-order valence-corrected chi connectivity index (χ4v) is 3.41. The van der Waals surface area contributed by atoms with Gasteiger partial charge in [0.05, 0.1) is 17.8 Å². The maximum Gasteiger partial charge on any atom is 0.146 e. The lowest BCUT2D eigenvalue weighted by atomic mass is 9.65. The highest BCUT2D eigenvalue weighted by molar-refractivity contribution is 5.47. The van der Waals surface area contributed by atoms with Crippen LogP contribution in [-0.4, -0.2) is 17.3 Å². The van der Waals surface area contributed by atoms with Gasteiger partial charge in [0.15, 0.2) is 0 Å². The number of para-hydroxylation sites is 1. The first kappa shape index (κ1) is 16.3. The lowest BCUT2D eigenvalue weighted by molar-refractivity contribution is 0.0919. The van der Waals surface area contributed by atoms with Crippen LogP contribution in [0.15, 0.2) is 24.3 Å². The monoisotopic (exact) mass is 293 g/mol. The highest BCUT2D eigenvalue weighted by atomic mass is 19.1. The topological polar surface area (TPSA) is 32.3 Å². The van der Waals surface area contributed by atoms with Crippen molar-refractivity contribution in [2.24, 2.45) is 11.3 Å². The fourth-order valence-electron chi connectivity index (χ4n) is 3.41. The van der Waals surface area contributed by atoms with Gasteiger partial charge in [0.2, 0.25) is 0 Å². The molecule has 2 rings (SSSR count). The van der Waals surface area contributed by atoms with Gasteiger partial charge in [-0.3, -0.25) is 0 Å². The van der Waals surface area contributed by atoms with Crippen LogP contribution in [0.4, 0.5) is 10.1 Å². The molecule has 0 spiro atoms. The number of benzene rings is 1. The predicted octanol–water partition coefficient (Wildman–Crippen LogP) is 4.60. The van der Waals surface area contributed by atoms with E-state index < -0.39 is 0 Å². The zero-order chi connectivity index (χ0) is 15.5. The van der Waals surface area contributed by atoms with Crippen molar-refractivity contribution in [3.05, 3.63) is 30.1 Å². The van der Waals surface area contributed by atoms with Gasteiger partial charge in [0.25, 0.3) is 0 Å². The van der Waals surface area contributed by atoms with E-state index in [0.717, 1.165) is 25.7 Å². The molecule has 0 saturated heterocycles. The Labute approximate surface area is 127 Å². The van der Waals surface area contributed by atoms with Gasteiger partial charge in [-0.25, -0.2) is 4.39 Å². The molecule has 1 aliphatic carbocycles. The van der Waals surface area contributed by atoms with Gasteiger partial charge in [-0.05, 0) is 49.1 Å². The first-order valence-corrected chi connectivity index (χ1v) is 8.06. The second kappa shape index (κ2) is 6.35. The molecular weight excluding hydrogens is 265 g/mol. The van der Waals surface area contributed by atoms with Gasteiger partial charge in [0, 0.05) is 0 Å². The third kappa shape index (κ3) is 3.57. The van der Waals surface area contributed by atoms with Gasteiger partial charge in [-0.15, -0.1) is 0 Å². The molecule has 1 fully saturated rings. The normalized spacial score (nSPS) is 26.6. The van der Waals surface area contributed by atoms with Crippen molar-refractivity contribution in [2.75, 3.05) is 11.9 Å². The number of anilines is 1. The molecule has 1 aliphatic rings. The Morgan fingerprint density at radius 1 is 1.29 bits per heavy atom. The summed E-state index contributed by atoms with van der Waals surface area (Å²) in [6.45, 7) is 6.95. The average Bonchev–Trinajstić information content (AvgIpc) is 2.50. The quantitative estimate of drug-likeness (QED) is 0.832. The largest absolute Gasteiger partial charge is 0.394 e. The van der Waals surface area contributed by atoms with E-state index in [1.165, 1.54) is 12.5 Å². The summed E-state index contributed by atoms with van der Waals surface area (Å²) in [5.41, 5.74) is 0.474. The van der Waals surface area contributed by atoms with Crippen LogP contribution in [0.25, 0.3) is 0 Å². The van der Waals surface area contributed by atoms with Crippen LogP contribution in [0.3, 0.4) is 0 Å². The Balaban J connectivity index is 2.07. The molecule has 3 heteroatoms. The summed E-state index contributed by atoms with van der Waals surface area (Å²) in [7, 11) is 0. The van der Waals surface area contributed by atoms with Crippen molar-refractivity contribution in [3.8, 4) is 0 Å². The Bertz CT molecular complexity index is 464. The summed E-state index contributed by atoms with van der Waals surface area (Å²) in [5.74, 6) is 0.436. The van der Waals surface area contributed by atoms with Crippen LogP contribution in [0.5, 0.6) is 0 Å². The summed E-state index contributed by atoms with van der Waals surface area (Å²) >= 11 is 0. The standard InChI is InChI=1S/C18H28FNO/c1-4-17(2,3)14-9-11-18(13-21,12-10-14)20-16-8-6-5-7-15(16)19/h5-8,14,20-21H,4,9-13H2,1-3H3. The van der Waals surface area contributed by atoms with Crippen LogP contribution in [0, 0.1) is 17.2 Å². The number of nitrogens with one attached hydrogen (secondary N) is 1. The third-order valence-corrected chi connectivity index (χ3v) is 5.54. The van der Waals surface area contributed by atoms with Crippen molar-refractivity contribution in [1.29, 1.82) is 0 Å². The van der Waals surface area contributed by atoms with Crippen molar-refractivity contribution < 1.29 is 9.50 Å². The van der Waals surface area contributed by atoms with Crippen LogP contribution in [-0.2, 0) is 0 Å². The molecule has 0 unspecified atom stereocenters. The molecule has 0 amide bonds. The highest BCUT2D eigenvalue weighted by Crippen LogP contribution is 2.44. The van der Waals surface area contributed by atoms with E-state index in [2.05, 4.69) is 26.1 Å². The molecule has 0 bridgehead atoms. The van der Waals surface area contributed by atoms with E-state index in [-0.39, 0.29) is 18.0 Å².